The summed E-state index contributed by atoms with van der Waals surface area (Å²) < 4.78 is 2.09. The lowest BCUT2D eigenvalue weighted by molar-refractivity contribution is 0.483. The zero-order valence-electron chi connectivity index (χ0n) is 16.9. The van der Waals surface area contributed by atoms with E-state index >= 15 is 0 Å². The third-order valence-electron chi connectivity index (χ3n) is 4.47. The van der Waals surface area contributed by atoms with Gasteiger partial charge in [0.2, 0.25) is 0 Å². The second-order valence-corrected chi connectivity index (χ2v) is 8.16. The number of aromatic nitrogens is 4. The summed E-state index contributed by atoms with van der Waals surface area (Å²) in [5.74, 6) is 0. The van der Waals surface area contributed by atoms with E-state index in [0.29, 0.717) is 5.69 Å². The first-order chi connectivity index (χ1) is 13.2. The van der Waals surface area contributed by atoms with Gasteiger partial charge in [0.1, 0.15) is 10.7 Å². The molecule has 0 saturated heterocycles. The van der Waals surface area contributed by atoms with Gasteiger partial charge in [0, 0.05) is 11.5 Å². The van der Waals surface area contributed by atoms with Crippen LogP contribution < -0.4 is 21.8 Å². The van der Waals surface area contributed by atoms with Crippen LogP contribution in [-0.4, -0.2) is 19.5 Å². The van der Waals surface area contributed by atoms with Gasteiger partial charge in [0.25, 0.3) is 11.1 Å². The lowest BCUT2D eigenvalue weighted by Crippen LogP contribution is -2.46. The molecule has 0 atom stereocenters. The van der Waals surface area contributed by atoms with Crippen molar-refractivity contribution in [1.82, 2.24) is 19.5 Å². The summed E-state index contributed by atoms with van der Waals surface area (Å²) in [6, 6.07) is 9.62. The molecule has 3 rings (SSSR count). The quantitative estimate of drug-likeness (QED) is 0.729. The average Bonchev–Trinajstić information content (AvgIpc) is 3.04. The zero-order chi connectivity index (χ0) is 20.5. The van der Waals surface area contributed by atoms with Gasteiger partial charge in [-0.2, -0.15) is 0 Å². The molecule has 2 heterocycles. The maximum absolute atomic E-state index is 12.6. The molecule has 28 heavy (non-hydrogen) atoms. The molecule has 6 heteroatoms. The van der Waals surface area contributed by atoms with Crippen molar-refractivity contribution < 1.29 is 0 Å². The molecule has 0 saturated carbocycles. The fourth-order valence-corrected chi connectivity index (χ4v) is 3.19. The molecule has 0 spiro atoms. The molecule has 0 amide bonds. The molecule has 3 aromatic rings. The smallest absolute Gasteiger partial charge is 0.272 e. The highest BCUT2D eigenvalue weighted by Gasteiger charge is 2.24. The molecule has 146 valence electrons. The maximum Gasteiger partial charge on any atom is 0.272 e. The van der Waals surface area contributed by atoms with Gasteiger partial charge in [0.15, 0.2) is 0 Å². The summed E-state index contributed by atoms with van der Waals surface area (Å²) in [7, 11) is 0. The van der Waals surface area contributed by atoms with Gasteiger partial charge in [-0.1, -0.05) is 51.1 Å². The van der Waals surface area contributed by atoms with E-state index in [2.05, 4.69) is 54.1 Å². The Kier molecular flexibility index (Phi) is 5.23. The van der Waals surface area contributed by atoms with Crippen molar-refractivity contribution in [3.8, 4) is 0 Å². The van der Waals surface area contributed by atoms with Crippen LogP contribution in [-0.2, 0) is 5.41 Å². The minimum atomic E-state index is -0.360. The number of imidazole rings is 1. The predicted octanol–water partition coefficient (Wildman–Crippen LogP) is 1.80. The molecular formula is C22H26N4O2. The highest BCUT2D eigenvalue weighted by Crippen LogP contribution is 2.28. The molecule has 2 N–H and O–H groups in total. The van der Waals surface area contributed by atoms with Crippen LogP contribution in [0.15, 0.2) is 46.2 Å². The molecule has 0 fully saturated rings. The van der Waals surface area contributed by atoms with E-state index in [1.54, 1.807) is 18.5 Å². The number of nitrogens with one attached hydrogen (secondary N) is 2. The first kappa shape index (κ1) is 19.6. The summed E-state index contributed by atoms with van der Waals surface area (Å²) >= 11 is 0. The molecule has 0 bridgehead atoms. The summed E-state index contributed by atoms with van der Waals surface area (Å²) in [6.45, 7) is 10.5. The van der Waals surface area contributed by atoms with Gasteiger partial charge in [-0.25, -0.2) is 4.98 Å². The molecule has 0 aliphatic rings. The first-order valence-corrected chi connectivity index (χ1v) is 9.35. The number of hydrogen-bond acceptors (Lipinski definition) is 3. The molecular weight excluding hydrogens is 352 g/mol. The van der Waals surface area contributed by atoms with Crippen LogP contribution in [0.25, 0.3) is 12.2 Å². The van der Waals surface area contributed by atoms with Crippen LogP contribution >= 0.6 is 0 Å². The van der Waals surface area contributed by atoms with Crippen molar-refractivity contribution in [2.24, 2.45) is 0 Å². The molecule has 6 nitrogen and oxygen atoms in total. The van der Waals surface area contributed by atoms with E-state index in [1.807, 2.05) is 30.3 Å². The summed E-state index contributed by atoms with van der Waals surface area (Å²) in [5.41, 5.74) is 1.66. The number of rotatable bonds is 3. The summed E-state index contributed by atoms with van der Waals surface area (Å²) in [5, 5.41) is 0.409. The van der Waals surface area contributed by atoms with Gasteiger partial charge in [0.05, 0.1) is 17.7 Å². The van der Waals surface area contributed by atoms with E-state index in [0.717, 1.165) is 11.3 Å². The Hall–Kier alpha value is -3.15. The van der Waals surface area contributed by atoms with Crippen molar-refractivity contribution in [3.05, 3.63) is 85.0 Å². The Morgan fingerprint density at radius 3 is 2.07 bits per heavy atom. The van der Waals surface area contributed by atoms with E-state index in [-0.39, 0.29) is 33.3 Å². The van der Waals surface area contributed by atoms with Crippen LogP contribution in [0.1, 0.15) is 57.6 Å². The topological polar surface area (TPSA) is 83.5 Å². The number of nitrogens with zero attached hydrogens (tertiary/aromatic N) is 2. The SMILES string of the molecule is CC(C)n1cnc(/C=c2\[nH]c(=O)/c(=C/c3ccccc3)[nH]c2=O)c1C(C)(C)C. The minimum Gasteiger partial charge on any atom is -0.331 e. The Labute approximate surface area is 163 Å². The third-order valence-corrected chi connectivity index (χ3v) is 4.47. The van der Waals surface area contributed by atoms with Gasteiger partial charge in [-0.05, 0) is 31.6 Å². The molecule has 0 aliphatic carbocycles. The Bertz CT molecular complexity index is 1210. The lowest BCUT2D eigenvalue weighted by atomic mass is 9.90. The highest BCUT2D eigenvalue weighted by atomic mass is 16.1. The lowest BCUT2D eigenvalue weighted by Gasteiger charge is -2.24. The van der Waals surface area contributed by atoms with Crippen LogP contribution in [0.4, 0.5) is 0 Å². The minimum absolute atomic E-state index is 0.166. The Morgan fingerprint density at radius 2 is 1.54 bits per heavy atom. The number of benzene rings is 1. The third kappa shape index (κ3) is 4.06. The first-order valence-electron chi connectivity index (χ1n) is 9.35. The highest BCUT2D eigenvalue weighted by molar-refractivity contribution is 5.49. The average molecular weight is 378 g/mol. The van der Waals surface area contributed by atoms with Crippen LogP contribution in [0.3, 0.4) is 0 Å². The summed E-state index contributed by atoms with van der Waals surface area (Å²) in [6.07, 6.45) is 5.07. The van der Waals surface area contributed by atoms with Crippen molar-refractivity contribution in [2.45, 2.75) is 46.1 Å². The van der Waals surface area contributed by atoms with Crippen molar-refractivity contribution in [1.29, 1.82) is 0 Å². The molecule has 0 unspecified atom stereocenters. The predicted molar refractivity (Wildman–Crippen MR) is 112 cm³/mol. The van der Waals surface area contributed by atoms with Gasteiger partial charge < -0.3 is 14.5 Å². The van der Waals surface area contributed by atoms with Gasteiger partial charge >= 0.3 is 0 Å². The van der Waals surface area contributed by atoms with Crippen LogP contribution in [0.2, 0.25) is 0 Å². The monoisotopic (exact) mass is 378 g/mol. The van der Waals surface area contributed by atoms with E-state index in [9.17, 15) is 9.59 Å². The van der Waals surface area contributed by atoms with E-state index < -0.39 is 0 Å². The van der Waals surface area contributed by atoms with E-state index in [4.69, 9.17) is 0 Å². The van der Waals surface area contributed by atoms with Crippen molar-refractivity contribution in [3.63, 3.8) is 0 Å². The second kappa shape index (κ2) is 7.46. The normalized spacial score (nSPS) is 13.5. The fourth-order valence-electron chi connectivity index (χ4n) is 3.19. The van der Waals surface area contributed by atoms with Gasteiger partial charge in [-0.15, -0.1) is 0 Å². The molecule has 1 aromatic carbocycles. The van der Waals surface area contributed by atoms with Crippen LogP contribution in [0.5, 0.6) is 0 Å². The standard InChI is InChI=1S/C22H26N4O2/c1-14(2)26-13-23-16(19(26)22(3,4)5)12-18-21(28)24-17(20(27)25-18)11-15-9-7-6-8-10-15/h6-14H,1-5H3,(H,24,28)(H,25,27)/b17-11-,18-12-. The molecule has 2 aromatic heterocycles. The maximum atomic E-state index is 12.6. The molecule has 0 aliphatic heterocycles. The Morgan fingerprint density at radius 1 is 0.964 bits per heavy atom. The second-order valence-electron chi connectivity index (χ2n) is 8.16. The number of H-pyrrole nitrogens is 2. The van der Waals surface area contributed by atoms with Crippen LogP contribution in [0, 0.1) is 0 Å². The number of hydrogen-bond donors (Lipinski definition) is 2. The summed E-state index contributed by atoms with van der Waals surface area (Å²) in [4.78, 5) is 34.9. The van der Waals surface area contributed by atoms with Crippen molar-refractivity contribution in [2.75, 3.05) is 0 Å². The van der Waals surface area contributed by atoms with Crippen molar-refractivity contribution >= 4 is 12.2 Å². The molecule has 0 radical (unpaired) electrons. The fraction of sp³-hybridized carbons (Fsp3) is 0.318. The largest absolute Gasteiger partial charge is 0.331 e. The van der Waals surface area contributed by atoms with Gasteiger partial charge in [-0.3, -0.25) is 9.59 Å². The van der Waals surface area contributed by atoms with E-state index in [1.165, 1.54) is 0 Å². The Balaban J connectivity index is 2.18. The number of aromatic amines is 2. The zero-order valence-corrected chi connectivity index (χ0v) is 16.9.